The molecule has 1 rings (SSSR count). The van der Waals surface area contributed by atoms with Gasteiger partial charge in [-0.2, -0.15) is 0 Å². The summed E-state index contributed by atoms with van der Waals surface area (Å²) in [6.07, 6.45) is 11.3. The van der Waals surface area contributed by atoms with Crippen molar-refractivity contribution in [3.8, 4) is 0 Å². The van der Waals surface area contributed by atoms with Crippen molar-refractivity contribution in [1.82, 2.24) is 0 Å². The zero-order valence-corrected chi connectivity index (χ0v) is 11.6. The third-order valence-electron chi connectivity index (χ3n) is 3.98. The summed E-state index contributed by atoms with van der Waals surface area (Å²) < 4.78 is 5.46. The molecule has 1 fully saturated rings. The second-order valence-electron chi connectivity index (χ2n) is 5.43. The van der Waals surface area contributed by atoms with E-state index >= 15 is 0 Å². The summed E-state index contributed by atoms with van der Waals surface area (Å²) in [6.45, 7) is 2.74. The minimum atomic E-state index is -0.108. The van der Waals surface area contributed by atoms with Crippen molar-refractivity contribution in [2.24, 2.45) is 5.41 Å². The van der Waals surface area contributed by atoms with E-state index in [9.17, 15) is 4.79 Å². The Morgan fingerprint density at radius 3 is 2.53 bits per heavy atom. The lowest BCUT2D eigenvalue weighted by atomic mass is 9.80. The van der Waals surface area contributed by atoms with E-state index in [4.69, 9.17) is 4.74 Å². The average molecular weight is 238 g/mol. The Balaban J connectivity index is 2.42. The summed E-state index contributed by atoms with van der Waals surface area (Å²) in [6, 6.07) is 0. The molecule has 0 N–H and O–H groups in total. The lowest BCUT2D eigenvalue weighted by Crippen LogP contribution is -2.30. The third-order valence-corrected chi connectivity index (χ3v) is 3.98. The zero-order valence-electron chi connectivity index (χ0n) is 11.6. The van der Waals surface area contributed by atoms with Crippen LogP contribution in [0.1, 0.15) is 64.7 Å². The zero-order chi connectivity index (χ0) is 12.6. The Hall–Kier alpha value is -0.465. The van der Waals surface area contributed by atoms with E-state index in [-0.39, 0.29) is 11.4 Å². The molecular formula is C14H27BO2. The van der Waals surface area contributed by atoms with Crippen LogP contribution in [0.25, 0.3) is 0 Å². The van der Waals surface area contributed by atoms with Gasteiger partial charge in [-0.05, 0) is 25.7 Å². The first-order chi connectivity index (χ1) is 8.25. The standard InChI is InChI=1S/C14H27BO2/c1-2-3-12-17-13(16)14(8-4-5-9-14)10-6-7-11-15/h2-12,15H2,1H3. The van der Waals surface area contributed by atoms with Gasteiger partial charge in [0.1, 0.15) is 7.85 Å². The van der Waals surface area contributed by atoms with Crippen LogP contribution >= 0.6 is 0 Å². The molecule has 0 aromatic heterocycles. The van der Waals surface area contributed by atoms with Crippen molar-refractivity contribution in [1.29, 1.82) is 0 Å². The van der Waals surface area contributed by atoms with E-state index in [1.54, 1.807) is 0 Å². The van der Waals surface area contributed by atoms with Crippen LogP contribution < -0.4 is 0 Å². The number of carbonyl (C=O) groups excluding carboxylic acids is 1. The number of rotatable bonds is 8. The molecule has 98 valence electrons. The highest BCUT2D eigenvalue weighted by molar-refractivity contribution is 6.08. The Labute approximate surface area is 107 Å². The fourth-order valence-corrected chi connectivity index (χ4v) is 2.78. The van der Waals surface area contributed by atoms with Gasteiger partial charge in [-0.1, -0.05) is 45.3 Å². The molecule has 2 nitrogen and oxygen atoms in total. The van der Waals surface area contributed by atoms with Crippen molar-refractivity contribution >= 4 is 13.8 Å². The van der Waals surface area contributed by atoms with Gasteiger partial charge in [-0.15, -0.1) is 0 Å². The quantitative estimate of drug-likeness (QED) is 0.369. The first-order valence-electron chi connectivity index (χ1n) is 7.42. The Kier molecular flexibility index (Phi) is 6.68. The van der Waals surface area contributed by atoms with Crippen LogP contribution in [0.15, 0.2) is 0 Å². The molecule has 0 unspecified atom stereocenters. The second-order valence-corrected chi connectivity index (χ2v) is 5.43. The Bertz CT molecular complexity index is 222. The molecule has 0 aromatic carbocycles. The van der Waals surface area contributed by atoms with Crippen molar-refractivity contribution in [2.45, 2.75) is 71.0 Å². The average Bonchev–Trinajstić information content (AvgIpc) is 2.80. The first-order valence-corrected chi connectivity index (χ1v) is 7.42. The number of carbonyl (C=O) groups is 1. The maximum atomic E-state index is 12.2. The summed E-state index contributed by atoms with van der Waals surface area (Å²) in [5.41, 5.74) is -0.108. The topological polar surface area (TPSA) is 26.3 Å². The summed E-state index contributed by atoms with van der Waals surface area (Å²) >= 11 is 0. The molecule has 0 aliphatic heterocycles. The fourth-order valence-electron chi connectivity index (χ4n) is 2.78. The smallest absolute Gasteiger partial charge is 0.312 e. The second kappa shape index (κ2) is 7.78. The lowest BCUT2D eigenvalue weighted by Gasteiger charge is -2.26. The molecule has 0 radical (unpaired) electrons. The van der Waals surface area contributed by atoms with Crippen LogP contribution in [0.4, 0.5) is 0 Å². The minimum Gasteiger partial charge on any atom is -0.465 e. The SMILES string of the molecule is BCCCCC1(C(=O)OCCCC)CCCC1. The highest BCUT2D eigenvalue weighted by Gasteiger charge is 2.41. The van der Waals surface area contributed by atoms with Gasteiger partial charge < -0.3 is 4.74 Å². The molecule has 0 spiro atoms. The predicted molar refractivity (Wildman–Crippen MR) is 74.0 cm³/mol. The largest absolute Gasteiger partial charge is 0.465 e. The third kappa shape index (κ3) is 4.36. The van der Waals surface area contributed by atoms with E-state index in [1.165, 1.54) is 32.0 Å². The number of unbranched alkanes of at least 4 members (excludes halogenated alkanes) is 2. The summed E-state index contributed by atoms with van der Waals surface area (Å²) in [7, 11) is 2.21. The fraction of sp³-hybridized carbons (Fsp3) is 0.929. The molecule has 1 aliphatic rings. The van der Waals surface area contributed by atoms with E-state index < -0.39 is 0 Å². The van der Waals surface area contributed by atoms with Crippen molar-refractivity contribution < 1.29 is 9.53 Å². The van der Waals surface area contributed by atoms with E-state index in [0.717, 1.165) is 32.1 Å². The van der Waals surface area contributed by atoms with E-state index in [0.29, 0.717) is 6.61 Å². The molecule has 0 atom stereocenters. The summed E-state index contributed by atoms with van der Waals surface area (Å²) in [5.74, 6) is 0.0968. The molecule has 17 heavy (non-hydrogen) atoms. The van der Waals surface area contributed by atoms with Gasteiger partial charge in [0.15, 0.2) is 0 Å². The van der Waals surface area contributed by atoms with Crippen LogP contribution in [0.5, 0.6) is 0 Å². The van der Waals surface area contributed by atoms with Gasteiger partial charge in [0, 0.05) is 0 Å². The molecule has 3 heteroatoms. The molecule has 0 bridgehead atoms. The molecule has 0 amide bonds. The van der Waals surface area contributed by atoms with Crippen molar-refractivity contribution in [2.75, 3.05) is 6.61 Å². The van der Waals surface area contributed by atoms with Gasteiger partial charge in [0.05, 0.1) is 12.0 Å². The maximum absolute atomic E-state index is 12.2. The van der Waals surface area contributed by atoms with Crippen LogP contribution in [-0.2, 0) is 9.53 Å². The summed E-state index contributed by atoms with van der Waals surface area (Å²) in [5, 5.41) is 0. The lowest BCUT2D eigenvalue weighted by molar-refractivity contribution is -0.156. The van der Waals surface area contributed by atoms with Gasteiger partial charge in [0.2, 0.25) is 0 Å². The van der Waals surface area contributed by atoms with Crippen LogP contribution in [-0.4, -0.2) is 20.4 Å². The number of hydrogen-bond donors (Lipinski definition) is 0. The predicted octanol–water partition coefficient (Wildman–Crippen LogP) is 3.11. The van der Waals surface area contributed by atoms with E-state index in [1.807, 2.05) is 0 Å². The molecule has 0 heterocycles. The maximum Gasteiger partial charge on any atom is 0.312 e. The van der Waals surface area contributed by atoms with E-state index in [2.05, 4.69) is 14.8 Å². The van der Waals surface area contributed by atoms with Crippen LogP contribution in [0.3, 0.4) is 0 Å². The van der Waals surface area contributed by atoms with Gasteiger partial charge in [-0.25, -0.2) is 0 Å². The van der Waals surface area contributed by atoms with Crippen LogP contribution in [0, 0.1) is 5.41 Å². The Morgan fingerprint density at radius 2 is 1.94 bits per heavy atom. The highest BCUT2D eigenvalue weighted by atomic mass is 16.5. The van der Waals surface area contributed by atoms with Gasteiger partial charge >= 0.3 is 5.97 Å². The number of ether oxygens (including phenoxy) is 1. The molecule has 0 aromatic rings. The normalized spacial score (nSPS) is 18.2. The Morgan fingerprint density at radius 1 is 1.24 bits per heavy atom. The minimum absolute atomic E-state index is 0.0968. The van der Waals surface area contributed by atoms with Gasteiger partial charge in [0.25, 0.3) is 0 Å². The van der Waals surface area contributed by atoms with Crippen LogP contribution in [0.2, 0.25) is 6.32 Å². The van der Waals surface area contributed by atoms with Gasteiger partial charge in [-0.3, -0.25) is 4.79 Å². The van der Waals surface area contributed by atoms with Crippen molar-refractivity contribution in [3.05, 3.63) is 0 Å². The molecule has 0 saturated heterocycles. The number of hydrogen-bond acceptors (Lipinski definition) is 2. The van der Waals surface area contributed by atoms with Crippen molar-refractivity contribution in [3.63, 3.8) is 0 Å². The summed E-state index contributed by atoms with van der Waals surface area (Å²) in [4.78, 5) is 12.2. The first kappa shape index (κ1) is 14.6. The molecule has 1 saturated carbocycles. The molecular weight excluding hydrogens is 211 g/mol. The molecule has 1 aliphatic carbocycles. The number of esters is 1. The highest BCUT2D eigenvalue weighted by Crippen LogP contribution is 2.43. The monoisotopic (exact) mass is 238 g/mol.